The molecule has 0 saturated carbocycles. The quantitative estimate of drug-likeness (QED) is 0.481. The standard InChI is InChI=1S/C25H26F3N3O2S/c1-14(16-10-17(26)13-18(27)11-16)22(31-34(33)25(2,3)4)23-19(6-5-9-30-23)15-7-8-21(28)20(12-15)24(29)32/h5-14,22,31H,1-4H3,(H2,29,32)/t14-,22?,34+/m1/s1. The van der Waals surface area contributed by atoms with Crippen molar-refractivity contribution in [1.29, 1.82) is 0 Å². The molecule has 9 heteroatoms. The maximum Gasteiger partial charge on any atom is 0.251 e. The molecular formula is C25H26F3N3O2S. The molecule has 3 N–H and O–H groups in total. The van der Waals surface area contributed by atoms with E-state index in [0.29, 0.717) is 22.4 Å². The van der Waals surface area contributed by atoms with Crippen LogP contribution in [0, 0.1) is 17.5 Å². The molecule has 3 atom stereocenters. The fourth-order valence-corrected chi connectivity index (χ4v) is 4.41. The van der Waals surface area contributed by atoms with Gasteiger partial charge in [-0.2, -0.15) is 0 Å². The van der Waals surface area contributed by atoms with Gasteiger partial charge in [0.1, 0.15) is 17.5 Å². The maximum atomic E-state index is 14.1. The smallest absolute Gasteiger partial charge is 0.251 e. The zero-order chi connectivity index (χ0) is 25.2. The zero-order valence-electron chi connectivity index (χ0n) is 19.2. The highest BCUT2D eigenvalue weighted by Gasteiger charge is 2.31. The Morgan fingerprint density at radius 2 is 1.71 bits per heavy atom. The Balaban J connectivity index is 2.18. The van der Waals surface area contributed by atoms with Gasteiger partial charge in [-0.25, -0.2) is 22.1 Å². The predicted molar refractivity (Wildman–Crippen MR) is 127 cm³/mol. The first-order chi connectivity index (χ1) is 15.9. The van der Waals surface area contributed by atoms with Crippen molar-refractivity contribution in [3.05, 3.63) is 89.0 Å². The second kappa shape index (κ2) is 10.1. The van der Waals surface area contributed by atoms with Crippen LogP contribution in [-0.2, 0) is 11.0 Å². The van der Waals surface area contributed by atoms with Crippen LogP contribution in [0.4, 0.5) is 13.2 Å². The van der Waals surface area contributed by atoms with Gasteiger partial charge in [0.25, 0.3) is 5.91 Å². The highest BCUT2D eigenvalue weighted by molar-refractivity contribution is 7.84. The SMILES string of the molecule is C[C@H](c1cc(F)cc(F)c1)C(N[S@@](=O)C(C)(C)C)c1ncccc1-c1ccc(F)c(C(N)=O)c1. The minimum atomic E-state index is -1.56. The van der Waals surface area contributed by atoms with E-state index in [4.69, 9.17) is 5.73 Å². The number of rotatable bonds is 7. The first kappa shape index (κ1) is 25.6. The van der Waals surface area contributed by atoms with Crippen molar-refractivity contribution < 1.29 is 22.2 Å². The van der Waals surface area contributed by atoms with Gasteiger partial charge < -0.3 is 5.73 Å². The minimum absolute atomic E-state index is 0.282. The lowest BCUT2D eigenvalue weighted by Gasteiger charge is -2.30. The lowest BCUT2D eigenvalue weighted by atomic mass is 9.88. The van der Waals surface area contributed by atoms with E-state index in [9.17, 15) is 22.2 Å². The molecule has 5 nitrogen and oxygen atoms in total. The van der Waals surface area contributed by atoms with Crippen LogP contribution < -0.4 is 10.5 Å². The molecule has 2 aromatic carbocycles. The molecule has 180 valence electrons. The van der Waals surface area contributed by atoms with Crippen LogP contribution in [-0.4, -0.2) is 19.8 Å². The average Bonchev–Trinajstić information content (AvgIpc) is 2.75. The molecule has 34 heavy (non-hydrogen) atoms. The summed E-state index contributed by atoms with van der Waals surface area (Å²) in [4.78, 5) is 16.2. The molecular weight excluding hydrogens is 463 g/mol. The van der Waals surface area contributed by atoms with Crippen molar-refractivity contribution >= 4 is 16.9 Å². The molecule has 1 aromatic heterocycles. The number of hydrogen-bond donors (Lipinski definition) is 2. The number of halogens is 3. The van der Waals surface area contributed by atoms with Gasteiger partial charge in [0.15, 0.2) is 0 Å². The summed E-state index contributed by atoms with van der Waals surface area (Å²) in [5.74, 6) is -3.71. The van der Waals surface area contributed by atoms with Crippen LogP contribution in [0.5, 0.6) is 0 Å². The van der Waals surface area contributed by atoms with Crippen LogP contribution in [0.2, 0.25) is 0 Å². The van der Waals surface area contributed by atoms with Crippen molar-refractivity contribution in [2.45, 2.75) is 44.4 Å². The summed E-state index contributed by atoms with van der Waals surface area (Å²) < 4.78 is 57.6. The molecule has 0 saturated heterocycles. The number of pyridine rings is 1. The zero-order valence-corrected chi connectivity index (χ0v) is 20.1. The molecule has 0 fully saturated rings. The fraction of sp³-hybridized carbons (Fsp3) is 0.280. The fourth-order valence-electron chi connectivity index (χ4n) is 3.51. The van der Waals surface area contributed by atoms with E-state index in [0.717, 1.165) is 12.1 Å². The number of primary amides is 1. The first-order valence-electron chi connectivity index (χ1n) is 10.6. The van der Waals surface area contributed by atoms with Crippen LogP contribution in [0.3, 0.4) is 0 Å². The minimum Gasteiger partial charge on any atom is -0.366 e. The number of carbonyl (C=O) groups is 1. The predicted octanol–water partition coefficient (Wildman–Crippen LogP) is 5.16. The number of benzene rings is 2. The monoisotopic (exact) mass is 489 g/mol. The molecule has 0 aliphatic rings. The summed E-state index contributed by atoms with van der Waals surface area (Å²) in [5, 5.41) is 0. The van der Waals surface area contributed by atoms with Crippen molar-refractivity contribution in [2.24, 2.45) is 5.73 Å². The molecule has 0 aliphatic heterocycles. The van der Waals surface area contributed by atoms with Gasteiger partial charge in [-0.05, 0) is 62.2 Å². The molecule has 1 unspecified atom stereocenters. The van der Waals surface area contributed by atoms with Crippen molar-refractivity contribution in [1.82, 2.24) is 9.71 Å². The lowest BCUT2D eigenvalue weighted by Crippen LogP contribution is -2.38. The van der Waals surface area contributed by atoms with Crippen LogP contribution in [0.25, 0.3) is 11.1 Å². The summed E-state index contributed by atoms with van der Waals surface area (Å²) >= 11 is 0. The molecule has 0 aliphatic carbocycles. The van der Waals surface area contributed by atoms with Crippen molar-refractivity contribution in [3.8, 4) is 11.1 Å². The van der Waals surface area contributed by atoms with Gasteiger partial charge in [-0.15, -0.1) is 0 Å². The lowest BCUT2D eigenvalue weighted by molar-refractivity contribution is 0.0996. The molecule has 0 spiro atoms. The number of aromatic nitrogens is 1. The topological polar surface area (TPSA) is 85.1 Å². The molecule has 1 amide bonds. The van der Waals surface area contributed by atoms with Crippen LogP contribution in [0.15, 0.2) is 54.7 Å². The largest absolute Gasteiger partial charge is 0.366 e. The third-order valence-electron chi connectivity index (χ3n) is 5.38. The average molecular weight is 490 g/mol. The summed E-state index contributed by atoms with van der Waals surface area (Å²) in [6, 6.07) is 9.77. The van der Waals surface area contributed by atoms with Gasteiger partial charge in [0.05, 0.1) is 33.0 Å². The number of nitrogens with two attached hydrogens (primary N) is 1. The summed E-state index contributed by atoms with van der Waals surface area (Å²) in [5.41, 5.74) is 6.77. The van der Waals surface area contributed by atoms with Gasteiger partial charge in [0, 0.05) is 23.7 Å². The van der Waals surface area contributed by atoms with Crippen molar-refractivity contribution in [3.63, 3.8) is 0 Å². The highest BCUT2D eigenvalue weighted by Crippen LogP contribution is 2.37. The van der Waals surface area contributed by atoms with Gasteiger partial charge in [-0.1, -0.05) is 19.1 Å². The number of carbonyl (C=O) groups excluding carboxylic acids is 1. The van der Waals surface area contributed by atoms with Crippen molar-refractivity contribution in [2.75, 3.05) is 0 Å². The van der Waals surface area contributed by atoms with E-state index in [1.807, 2.05) is 0 Å². The second-order valence-electron chi connectivity index (χ2n) is 8.96. The van der Waals surface area contributed by atoms with Crippen LogP contribution >= 0.6 is 0 Å². The number of amides is 1. The summed E-state index contributed by atoms with van der Waals surface area (Å²) in [6.07, 6.45) is 1.53. The number of hydrogen-bond acceptors (Lipinski definition) is 3. The Kier molecular flexibility index (Phi) is 7.57. The van der Waals surface area contributed by atoms with E-state index >= 15 is 0 Å². The third-order valence-corrected chi connectivity index (χ3v) is 6.96. The first-order valence-corrected chi connectivity index (χ1v) is 11.7. The number of nitrogens with one attached hydrogen (secondary N) is 1. The van der Waals surface area contributed by atoms with E-state index in [1.54, 1.807) is 39.8 Å². The Labute approximate surface area is 199 Å². The van der Waals surface area contributed by atoms with E-state index < -0.39 is 51.1 Å². The Morgan fingerprint density at radius 3 is 2.29 bits per heavy atom. The van der Waals surface area contributed by atoms with Crippen LogP contribution in [0.1, 0.15) is 61.3 Å². The molecule has 3 aromatic rings. The Hall–Kier alpha value is -3.04. The third kappa shape index (κ3) is 5.71. The van der Waals surface area contributed by atoms with Gasteiger partial charge in [-0.3, -0.25) is 9.78 Å². The Bertz CT molecular complexity index is 1220. The maximum absolute atomic E-state index is 14.1. The van der Waals surface area contributed by atoms with E-state index in [-0.39, 0.29) is 5.56 Å². The molecule has 3 rings (SSSR count). The Morgan fingerprint density at radius 1 is 1.06 bits per heavy atom. The highest BCUT2D eigenvalue weighted by atomic mass is 32.2. The van der Waals surface area contributed by atoms with Gasteiger partial charge in [0.2, 0.25) is 0 Å². The number of nitrogens with zero attached hydrogens (tertiary/aromatic N) is 1. The summed E-state index contributed by atoms with van der Waals surface area (Å²) in [6.45, 7) is 7.11. The summed E-state index contributed by atoms with van der Waals surface area (Å²) in [7, 11) is -1.56. The molecule has 1 heterocycles. The molecule has 0 radical (unpaired) electrons. The van der Waals surface area contributed by atoms with Gasteiger partial charge >= 0.3 is 0 Å². The van der Waals surface area contributed by atoms with E-state index in [1.165, 1.54) is 30.5 Å². The second-order valence-corrected chi connectivity index (χ2v) is 11.0. The normalized spacial score (nSPS) is 14.4. The molecule has 0 bridgehead atoms. The van der Waals surface area contributed by atoms with E-state index in [2.05, 4.69) is 9.71 Å².